The summed E-state index contributed by atoms with van der Waals surface area (Å²) >= 11 is 0. The highest BCUT2D eigenvalue weighted by Crippen LogP contribution is 2.18. The molecule has 0 atom stereocenters. The van der Waals surface area contributed by atoms with Gasteiger partial charge >= 0.3 is 0 Å². The SMILES string of the molecule is Cc1ccccc1NC(=O)c1ccc2cnccc2c1. The Morgan fingerprint density at radius 3 is 2.75 bits per heavy atom. The molecule has 0 fully saturated rings. The monoisotopic (exact) mass is 262 g/mol. The van der Waals surface area contributed by atoms with Gasteiger partial charge in [0.25, 0.3) is 5.91 Å². The summed E-state index contributed by atoms with van der Waals surface area (Å²) in [4.78, 5) is 16.3. The molecule has 0 saturated carbocycles. The van der Waals surface area contributed by atoms with Gasteiger partial charge in [0.1, 0.15) is 0 Å². The largest absolute Gasteiger partial charge is 0.322 e. The molecular weight excluding hydrogens is 248 g/mol. The summed E-state index contributed by atoms with van der Waals surface area (Å²) in [7, 11) is 0. The molecule has 0 spiro atoms. The number of nitrogens with one attached hydrogen (secondary N) is 1. The molecule has 0 bridgehead atoms. The number of para-hydroxylation sites is 1. The van der Waals surface area contributed by atoms with E-state index in [9.17, 15) is 4.79 Å². The molecule has 0 aliphatic carbocycles. The third-order valence-corrected chi connectivity index (χ3v) is 3.30. The lowest BCUT2D eigenvalue weighted by Crippen LogP contribution is -2.12. The molecule has 3 rings (SSSR count). The average Bonchev–Trinajstić information content (AvgIpc) is 2.49. The molecule has 1 N–H and O–H groups in total. The summed E-state index contributed by atoms with van der Waals surface area (Å²) in [5.74, 6) is -0.0991. The lowest BCUT2D eigenvalue weighted by molar-refractivity contribution is 0.102. The van der Waals surface area contributed by atoms with E-state index < -0.39 is 0 Å². The molecule has 3 aromatic rings. The fraction of sp³-hybridized carbons (Fsp3) is 0.0588. The maximum Gasteiger partial charge on any atom is 0.255 e. The number of anilines is 1. The van der Waals surface area contributed by atoms with Gasteiger partial charge in [-0.2, -0.15) is 0 Å². The lowest BCUT2D eigenvalue weighted by atomic mass is 10.1. The van der Waals surface area contributed by atoms with Gasteiger partial charge in [-0.15, -0.1) is 0 Å². The number of aryl methyl sites for hydroxylation is 1. The number of nitrogens with zero attached hydrogens (tertiary/aromatic N) is 1. The van der Waals surface area contributed by atoms with Gasteiger partial charge < -0.3 is 5.32 Å². The Labute approximate surface area is 117 Å². The summed E-state index contributed by atoms with van der Waals surface area (Å²) in [6.45, 7) is 1.97. The second-order valence-corrected chi connectivity index (χ2v) is 4.71. The predicted molar refractivity (Wildman–Crippen MR) is 80.9 cm³/mol. The Balaban J connectivity index is 1.91. The Hall–Kier alpha value is -2.68. The molecule has 3 nitrogen and oxygen atoms in total. The number of fused-ring (bicyclic) bond motifs is 1. The van der Waals surface area contributed by atoms with Crippen LogP contribution in [0.15, 0.2) is 60.9 Å². The summed E-state index contributed by atoms with van der Waals surface area (Å²) in [6, 6.07) is 15.2. The topological polar surface area (TPSA) is 42.0 Å². The number of aromatic nitrogens is 1. The number of rotatable bonds is 2. The van der Waals surface area contributed by atoms with E-state index in [0.29, 0.717) is 5.56 Å². The van der Waals surface area contributed by atoms with Gasteiger partial charge in [0, 0.05) is 29.0 Å². The quantitative estimate of drug-likeness (QED) is 0.763. The van der Waals surface area contributed by atoms with Gasteiger partial charge in [-0.05, 0) is 42.1 Å². The number of carbonyl (C=O) groups excluding carboxylic acids is 1. The fourth-order valence-electron chi connectivity index (χ4n) is 2.13. The van der Waals surface area contributed by atoms with Crippen LogP contribution in [-0.4, -0.2) is 10.9 Å². The van der Waals surface area contributed by atoms with Crippen LogP contribution >= 0.6 is 0 Å². The number of hydrogen-bond donors (Lipinski definition) is 1. The minimum atomic E-state index is -0.0991. The summed E-state index contributed by atoms with van der Waals surface area (Å²) in [6.07, 6.45) is 3.52. The van der Waals surface area contributed by atoms with Crippen LogP contribution in [0.5, 0.6) is 0 Å². The Bertz CT molecular complexity index is 781. The standard InChI is InChI=1S/C17H14N2O/c1-12-4-2-3-5-16(12)19-17(20)14-6-7-15-11-18-9-8-13(15)10-14/h2-11H,1H3,(H,19,20). The fourth-order valence-corrected chi connectivity index (χ4v) is 2.13. The van der Waals surface area contributed by atoms with Crippen LogP contribution in [0.25, 0.3) is 10.8 Å². The van der Waals surface area contributed by atoms with Gasteiger partial charge in [-0.25, -0.2) is 0 Å². The molecule has 1 amide bonds. The van der Waals surface area contributed by atoms with Crippen LogP contribution in [0, 0.1) is 6.92 Å². The zero-order valence-electron chi connectivity index (χ0n) is 11.1. The van der Waals surface area contributed by atoms with Crippen LogP contribution < -0.4 is 5.32 Å². The summed E-state index contributed by atoms with van der Waals surface area (Å²) < 4.78 is 0. The Morgan fingerprint density at radius 1 is 1.05 bits per heavy atom. The molecule has 3 heteroatoms. The molecule has 0 unspecified atom stereocenters. The maximum absolute atomic E-state index is 12.3. The van der Waals surface area contributed by atoms with Crippen molar-refractivity contribution in [2.45, 2.75) is 6.92 Å². The van der Waals surface area contributed by atoms with Gasteiger partial charge in [0.15, 0.2) is 0 Å². The first kappa shape index (κ1) is 12.4. The number of carbonyl (C=O) groups is 1. The van der Waals surface area contributed by atoms with Crippen LogP contribution in [0.4, 0.5) is 5.69 Å². The van der Waals surface area contributed by atoms with E-state index in [1.807, 2.05) is 55.5 Å². The highest BCUT2D eigenvalue weighted by molar-refractivity contribution is 6.06. The molecule has 0 aliphatic heterocycles. The van der Waals surface area contributed by atoms with Crippen molar-refractivity contribution in [2.75, 3.05) is 5.32 Å². The van der Waals surface area contributed by atoms with Gasteiger partial charge in [-0.1, -0.05) is 24.3 Å². The minimum Gasteiger partial charge on any atom is -0.322 e. The summed E-state index contributed by atoms with van der Waals surface area (Å²) in [5, 5.41) is 4.98. The van der Waals surface area contributed by atoms with Crippen molar-refractivity contribution in [2.24, 2.45) is 0 Å². The smallest absolute Gasteiger partial charge is 0.255 e. The lowest BCUT2D eigenvalue weighted by Gasteiger charge is -2.08. The molecule has 0 saturated heterocycles. The van der Waals surface area contributed by atoms with Crippen molar-refractivity contribution in [1.82, 2.24) is 4.98 Å². The number of pyridine rings is 1. The zero-order valence-corrected chi connectivity index (χ0v) is 11.1. The predicted octanol–water partition coefficient (Wildman–Crippen LogP) is 3.80. The molecule has 2 aromatic carbocycles. The van der Waals surface area contributed by atoms with E-state index in [1.54, 1.807) is 12.4 Å². The van der Waals surface area contributed by atoms with E-state index in [1.165, 1.54) is 0 Å². The van der Waals surface area contributed by atoms with Crippen LogP contribution in [-0.2, 0) is 0 Å². The first-order valence-corrected chi connectivity index (χ1v) is 6.45. The van der Waals surface area contributed by atoms with Crippen molar-refractivity contribution in [3.8, 4) is 0 Å². The van der Waals surface area contributed by atoms with Crippen molar-refractivity contribution in [1.29, 1.82) is 0 Å². The third-order valence-electron chi connectivity index (χ3n) is 3.30. The maximum atomic E-state index is 12.3. The average molecular weight is 262 g/mol. The van der Waals surface area contributed by atoms with Crippen molar-refractivity contribution >= 4 is 22.4 Å². The Morgan fingerprint density at radius 2 is 1.90 bits per heavy atom. The van der Waals surface area contributed by atoms with Crippen LogP contribution in [0.1, 0.15) is 15.9 Å². The molecule has 1 aromatic heterocycles. The highest BCUT2D eigenvalue weighted by Gasteiger charge is 2.08. The molecule has 0 aliphatic rings. The van der Waals surface area contributed by atoms with Crippen molar-refractivity contribution < 1.29 is 4.79 Å². The first-order chi connectivity index (χ1) is 9.74. The molecule has 98 valence electrons. The van der Waals surface area contributed by atoms with Crippen LogP contribution in [0.2, 0.25) is 0 Å². The van der Waals surface area contributed by atoms with E-state index in [2.05, 4.69) is 10.3 Å². The Kier molecular flexibility index (Phi) is 3.17. The van der Waals surface area contributed by atoms with E-state index in [-0.39, 0.29) is 5.91 Å². The third kappa shape index (κ3) is 2.38. The van der Waals surface area contributed by atoms with Crippen molar-refractivity contribution in [3.05, 3.63) is 72.1 Å². The normalized spacial score (nSPS) is 10.4. The number of hydrogen-bond acceptors (Lipinski definition) is 2. The summed E-state index contributed by atoms with van der Waals surface area (Å²) in [5.41, 5.74) is 2.53. The van der Waals surface area contributed by atoms with E-state index >= 15 is 0 Å². The van der Waals surface area contributed by atoms with Gasteiger partial charge in [0.2, 0.25) is 0 Å². The molecule has 1 heterocycles. The van der Waals surface area contributed by atoms with Gasteiger partial charge in [0.05, 0.1) is 0 Å². The number of amides is 1. The van der Waals surface area contributed by atoms with Gasteiger partial charge in [-0.3, -0.25) is 9.78 Å². The minimum absolute atomic E-state index is 0.0991. The zero-order chi connectivity index (χ0) is 13.9. The van der Waals surface area contributed by atoms with Crippen LogP contribution in [0.3, 0.4) is 0 Å². The van der Waals surface area contributed by atoms with E-state index in [0.717, 1.165) is 22.0 Å². The second kappa shape index (κ2) is 5.13. The molecular formula is C17H14N2O. The first-order valence-electron chi connectivity index (χ1n) is 6.45. The highest BCUT2D eigenvalue weighted by atomic mass is 16.1. The second-order valence-electron chi connectivity index (χ2n) is 4.71. The molecule has 0 radical (unpaired) electrons. The van der Waals surface area contributed by atoms with E-state index in [4.69, 9.17) is 0 Å². The van der Waals surface area contributed by atoms with Crippen molar-refractivity contribution in [3.63, 3.8) is 0 Å². The number of benzene rings is 2. The molecule has 20 heavy (non-hydrogen) atoms.